The molecule has 0 fully saturated rings. The van der Waals surface area contributed by atoms with Crippen molar-refractivity contribution in [3.8, 4) is 0 Å². The lowest BCUT2D eigenvalue weighted by molar-refractivity contribution is -0.170. The maximum atomic E-state index is 12.7. The van der Waals surface area contributed by atoms with Crippen molar-refractivity contribution in [2.24, 2.45) is 0 Å². The molecule has 1 amide bonds. The molecule has 0 aromatic heterocycles. The van der Waals surface area contributed by atoms with E-state index < -0.39 is 22.1 Å². The molecule has 0 unspecified atom stereocenters. The summed E-state index contributed by atoms with van der Waals surface area (Å²) in [6, 6.07) is 2.27. The second-order valence-corrected chi connectivity index (χ2v) is 7.08. The first-order chi connectivity index (χ1) is 10.5. The second-order valence-electron chi connectivity index (χ2n) is 4.43. The van der Waals surface area contributed by atoms with Crippen LogP contribution in [0.25, 0.3) is 0 Å². The van der Waals surface area contributed by atoms with Crippen LogP contribution < -0.4 is 9.62 Å². The molecule has 0 saturated heterocycles. The molecule has 1 aromatic rings. The number of rotatable bonds is 5. The van der Waals surface area contributed by atoms with Crippen molar-refractivity contribution >= 4 is 37.5 Å². The van der Waals surface area contributed by atoms with Gasteiger partial charge in [-0.15, -0.1) is 6.58 Å². The third-order valence-corrected chi connectivity index (χ3v) is 5.52. The van der Waals surface area contributed by atoms with E-state index in [1.54, 1.807) is 0 Å². The van der Waals surface area contributed by atoms with Gasteiger partial charge in [-0.1, -0.05) is 6.08 Å². The molecule has 0 atom stereocenters. The molecular weight excluding hydrogens is 401 g/mol. The topological polar surface area (TPSA) is 66.5 Å². The Morgan fingerprint density at radius 3 is 2.43 bits per heavy atom. The number of hydrogen-bond donors (Lipinski definition) is 1. The smallest absolute Gasteiger partial charge is 0.300 e. The fourth-order valence-electron chi connectivity index (χ4n) is 1.84. The summed E-state index contributed by atoms with van der Waals surface area (Å²) in [5, 5.41) is 0. The van der Waals surface area contributed by atoms with Crippen molar-refractivity contribution in [1.82, 2.24) is 4.72 Å². The average Bonchev–Trinajstić information content (AvgIpc) is 2.46. The van der Waals surface area contributed by atoms with E-state index in [9.17, 15) is 26.4 Å². The van der Waals surface area contributed by atoms with Crippen LogP contribution in [0.5, 0.6) is 0 Å². The Morgan fingerprint density at radius 1 is 1.43 bits per heavy atom. The molecule has 0 aliphatic carbocycles. The minimum atomic E-state index is -5.06. The van der Waals surface area contributed by atoms with Crippen molar-refractivity contribution in [2.45, 2.75) is 18.0 Å². The third kappa shape index (κ3) is 4.12. The second kappa shape index (κ2) is 7.02. The van der Waals surface area contributed by atoms with Gasteiger partial charge in [-0.3, -0.25) is 9.69 Å². The standard InChI is InChI=1S/C13H14BrF3N2O3S/c1-4-7-19(12(20)13(15,16)17)9-5-6-10(8(2)11(9)14)23(21,22)18-3/h4-6,18H,1,7H2,2-3H3. The zero-order valence-electron chi connectivity index (χ0n) is 12.2. The van der Waals surface area contributed by atoms with Crippen LogP contribution >= 0.6 is 15.9 Å². The SMILES string of the molecule is C=CCN(C(=O)C(F)(F)F)c1ccc(S(=O)(=O)NC)c(C)c1Br. The number of halogens is 4. The van der Waals surface area contributed by atoms with Crippen LogP contribution in [0.3, 0.4) is 0 Å². The number of alkyl halides is 3. The van der Waals surface area contributed by atoms with Gasteiger partial charge in [0.2, 0.25) is 10.0 Å². The van der Waals surface area contributed by atoms with Crippen LogP contribution in [0, 0.1) is 6.92 Å². The van der Waals surface area contributed by atoms with Gasteiger partial charge in [-0.25, -0.2) is 13.1 Å². The van der Waals surface area contributed by atoms with Gasteiger partial charge in [0, 0.05) is 11.0 Å². The molecule has 0 aliphatic heterocycles. The average molecular weight is 415 g/mol. The van der Waals surface area contributed by atoms with Gasteiger partial charge in [-0.2, -0.15) is 13.2 Å². The molecule has 1 rings (SSSR count). The van der Waals surface area contributed by atoms with Crippen LogP contribution in [0.1, 0.15) is 5.56 Å². The Labute approximate surface area is 140 Å². The van der Waals surface area contributed by atoms with Gasteiger partial charge in [0.15, 0.2) is 0 Å². The summed E-state index contributed by atoms with van der Waals surface area (Å²) in [7, 11) is -2.56. The van der Waals surface area contributed by atoms with Gasteiger partial charge < -0.3 is 0 Å². The fraction of sp³-hybridized carbons (Fsp3) is 0.308. The van der Waals surface area contributed by atoms with Gasteiger partial charge in [0.05, 0.1) is 10.6 Å². The first-order valence-electron chi connectivity index (χ1n) is 6.19. The number of carbonyl (C=O) groups excluding carboxylic acids is 1. The van der Waals surface area contributed by atoms with Crippen LogP contribution in [-0.2, 0) is 14.8 Å². The molecule has 0 radical (unpaired) electrons. The van der Waals surface area contributed by atoms with Crippen molar-refractivity contribution < 1.29 is 26.4 Å². The molecule has 5 nitrogen and oxygen atoms in total. The van der Waals surface area contributed by atoms with E-state index in [1.165, 1.54) is 14.0 Å². The highest BCUT2D eigenvalue weighted by molar-refractivity contribution is 9.10. The van der Waals surface area contributed by atoms with Gasteiger partial charge in [0.1, 0.15) is 0 Å². The number of benzene rings is 1. The Bertz CT molecular complexity index is 733. The predicted octanol–water partition coefficient (Wildman–Crippen LogP) is 2.75. The lowest BCUT2D eigenvalue weighted by Crippen LogP contribution is -2.41. The van der Waals surface area contributed by atoms with Crippen molar-refractivity contribution in [1.29, 1.82) is 0 Å². The van der Waals surface area contributed by atoms with Crippen molar-refractivity contribution in [3.63, 3.8) is 0 Å². The van der Waals surface area contributed by atoms with Gasteiger partial charge in [0.25, 0.3) is 0 Å². The highest BCUT2D eigenvalue weighted by atomic mass is 79.9. The zero-order valence-corrected chi connectivity index (χ0v) is 14.6. The molecule has 1 aromatic carbocycles. The van der Waals surface area contributed by atoms with E-state index in [4.69, 9.17) is 0 Å². The highest BCUT2D eigenvalue weighted by Crippen LogP contribution is 2.35. The maximum absolute atomic E-state index is 12.7. The molecule has 23 heavy (non-hydrogen) atoms. The minimum Gasteiger partial charge on any atom is -0.300 e. The molecule has 128 valence electrons. The van der Waals surface area contributed by atoms with Gasteiger partial charge in [-0.05, 0) is 47.6 Å². The predicted molar refractivity (Wildman–Crippen MR) is 83.7 cm³/mol. The largest absolute Gasteiger partial charge is 0.471 e. The summed E-state index contributed by atoms with van der Waals surface area (Å²) >= 11 is 3.07. The van der Waals surface area contributed by atoms with E-state index in [0.717, 1.165) is 18.2 Å². The monoisotopic (exact) mass is 414 g/mol. The quantitative estimate of drug-likeness (QED) is 0.753. The number of sulfonamides is 1. The van der Waals surface area contributed by atoms with E-state index in [0.29, 0.717) is 4.90 Å². The Hall–Kier alpha value is -1.39. The van der Waals surface area contributed by atoms with Crippen molar-refractivity contribution in [2.75, 3.05) is 18.5 Å². The molecule has 1 N–H and O–H groups in total. The first kappa shape index (κ1) is 19.7. The Balaban J connectivity index is 3.50. The molecule has 0 bridgehead atoms. The number of nitrogens with one attached hydrogen (secondary N) is 1. The van der Waals surface area contributed by atoms with Gasteiger partial charge >= 0.3 is 12.1 Å². The third-order valence-electron chi connectivity index (χ3n) is 2.96. The van der Waals surface area contributed by atoms with Crippen LogP contribution in [0.4, 0.5) is 18.9 Å². The summed E-state index contributed by atoms with van der Waals surface area (Å²) in [6.07, 6.45) is -3.92. The fourth-order valence-corrected chi connectivity index (χ4v) is 3.50. The Kier molecular flexibility index (Phi) is 6.00. The van der Waals surface area contributed by atoms with E-state index >= 15 is 0 Å². The number of amides is 1. The number of anilines is 1. The highest BCUT2D eigenvalue weighted by Gasteiger charge is 2.43. The summed E-state index contributed by atoms with van der Waals surface area (Å²) in [5.41, 5.74) is 0.0839. The molecule has 0 aliphatic rings. The van der Waals surface area contributed by atoms with Crippen LogP contribution in [0.15, 0.2) is 34.2 Å². The lowest BCUT2D eigenvalue weighted by Gasteiger charge is -2.25. The molecule has 10 heteroatoms. The normalized spacial score (nSPS) is 12.1. The molecule has 0 saturated carbocycles. The summed E-state index contributed by atoms with van der Waals surface area (Å²) < 4.78 is 64.1. The van der Waals surface area contributed by atoms with Crippen LogP contribution in [-0.4, -0.2) is 34.1 Å². The van der Waals surface area contributed by atoms with E-state index in [1.807, 2.05) is 0 Å². The van der Waals surface area contributed by atoms with Crippen LogP contribution in [0.2, 0.25) is 0 Å². The number of hydrogen-bond acceptors (Lipinski definition) is 3. The summed E-state index contributed by atoms with van der Waals surface area (Å²) in [5.74, 6) is -2.07. The van der Waals surface area contributed by atoms with E-state index in [-0.39, 0.29) is 27.2 Å². The lowest BCUT2D eigenvalue weighted by atomic mass is 10.2. The summed E-state index contributed by atoms with van der Waals surface area (Å²) in [4.78, 5) is 11.9. The Morgan fingerprint density at radius 2 is 2.00 bits per heavy atom. The van der Waals surface area contributed by atoms with E-state index in [2.05, 4.69) is 27.2 Å². The number of nitrogens with zero attached hydrogens (tertiary/aromatic N) is 1. The molecule has 0 heterocycles. The molecular formula is C13H14BrF3N2O3S. The first-order valence-corrected chi connectivity index (χ1v) is 8.47. The van der Waals surface area contributed by atoms with Crippen molar-refractivity contribution in [3.05, 3.63) is 34.8 Å². The maximum Gasteiger partial charge on any atom is 0.471 e. The zero-order chi connectivity index (χ0) is 18.0. The molecule has 0 spiro atoms. The summed E-state index contributed by atoms with van der Waals surface area (Å²) in [6.45, 7) is 4.37. The number of carbonyl (C=O) groups is 1. The minimum absolute atomic E-state index is 0.0771.